The van der Waals surface area contributed by atoms with Crippen LogP contribution < -0.4 is 19.5 Å². The van der Waals surface area contributed by atoms with Crippen molar-refractivity contribution < 1.29 is 37.3 Å². The van der Waals surface area contributed by atoms with Gasteiger partial charge in [-0.3, -0.25) is 9.40 Å². The highest BCUT2D eigenvalue weighted by molar-refractivity contribution is 7.86. The number of hydrogen-bond acceptors (Lipinski definition) is 10. The van der Waals surface area contributed by atoms with Crippen LogP contribution in [0.5, 0.6) is 11.5 Å². The Morgan fingerprint density at radius 2 is 1.80 bits per heavy atom. The third kappa shape index (κ3) is 7.14. The van der Waals surface area contributed by atoms with E-state index >= 15 is 0 Å². The number of carbonyl (C=O) groups excluding carboxylic acids is 2. The first-order chi connectivity index (χ1) is 19.5. The minimum Gasteiger partial charge on any atom is -0.496 e. The van der Waals surface area contributed by atoms with Crippen LogP contribution in [-0.2, 0) is 33.5 Å². The number of anilines is 1. The summed E-state index contributed by atoms with van der Waals surface area (Å²) in [6.45, 7) is 6.03. The zero-order valence-electron chi connectivity index (χ0n) is 23.5. The summed E-state index contributed by atoms with van der Waals surface area (Å²) in [5, 5.41) is 11.6. The van der Waals surface area contributed by atoms with Gasteiger partial charge in [0.05, 0.1) is 39.6 Å². The highest BCUT2D eigenvalue weighted by Gasteiger charge is 2.21. The molecule has 218 valence electrons. The number of methoxy groups -OCH3 is 3. The van der Waals surface area contributed by atoms with E-state index in [0.29, 0.717) is 29.0 Å². The first kappa shape index (κ1) is 29.4. The van der Waals surface area contributed by atoms with Gasteiger partial charge in [0, 0.05) is 18.3 Å². The van der Waals surface area contributed by atoms with Crippen LogP contribution in [0.1, 0.15) is 42.3 Å². The topological polar surface area (TPSA) is 156 Å². The summed E-state index contributed by atoms with van der Waals surface area (Å²) >= 11 is 0. The molecular weight excluding hydrogens is 554 g/mol. The molecule has 0 aliphatic heterocycles. The van der Waals surface area contributed by atoms with Crippen LogP contribution in [0.2, 0.25) is 0 Å². The number of ether oxygens (including phenoxy) is 4. The van der Waals surface area contributed by atoms with E-state index < -0.39 is 28.6 Å². The maximum absolute atomic E-state index is 13.3. The largest absolute Gasteiger partial charge is 0.496 e. The maximum Gasteiger partial charge on any atom is 0.407 e. The molecule has 41 heavy (non-hydrogen) atoms. The molecule has 0 aliphatic rings. The number of amides is 1. The number of aromatic nitrogens is 3. The van der Waals surface area contributed by atoms with Crippen LogP contribution in [0.4, 0.5) is 10.6 Å². The van der Waals surface area contributed by atoms with Crippen LogP contribution >= 0.6 is 0 Å². The molecule has 0 radical (unpaired) electrons. The van der Waals surface area contributed by atoms with Gasteiger partial charge in [-0.2, -0.15) is 5.10 Å². The van der Waals surface area contributed by atoms with Gasteiger partial charge in [0.1, 0.15) is 27.4 Å². The summed E-state index contributed by atoms with van der Waals surface area (Å²) in [5.74, 6) is 0.357. The summed E-state index contributed by atoms with van der Waals surface area (Å²) in [6, 6.07) is 8.04. The van der Waals surface area contributed by atoms with Crippen molar-refractivity contribution in [1.29, 1.82) is 0 Å². The number of benzene rings is 2. The Hall–Kier alpha value is -4.59. The zero-order chi connectivity index (χ0) is 29.7. The molecule has 13 nitrogen and oxygen atoms in total. The van der Waals surface area contributed by atoms with Gasteiger partial charge >= 0.3 is 12.1 Å². The van der Waals surface area contributed by atoms with E-state index in [2.05, 4.69) is 20.3 Å². The van der Waals surface area contributed by atoms with E-state index in [4.69, 9.17) is 23.5 Å². The second-order valence-corrected chi connectivity index (χ2v) is 11.0. The Morgan fingerprint density at radius 1 is 1.05 bits per heavy atom. The average Bonchev–Trinajstić information content (AvgIpc) is 3.56. The minimum atomic E-state index is -1.88. The van der Waals surface area contributed by atoms with Crippen LogP contribution in [-0.4, -0.2) is 58.1 Å². The van der Waals surface area contributed by atoms with Gasteiger partial charge in [-0.25, -0.2) is 13.8 Å². The number of fused-ring (bicyclic) bond motifs is 1. The number of rotatable bonds is 10. The highest BCUT2D eigenvalue weighted by Crippen LogP contribution is 2.35. The van der Waals surface area contributed by atoms with Gasteiger partial charge in [-0.15, -0.1) is 0 Å². The van der Waals surface area contributed by atoms with E-state index in [1.54, 1.807) is 50.0 Å². The van der Waals surface area contributed by atoms with Crippen molar-refractivity contribution in [2.45, 2.75) is 44.4 Å². The lowest BCUT2D eigenvalue weighted by Gasteiger charge is -2.19. The Bertz CT molecular complexity index is 1590. The summed E-state index contributed by atoms with van der Waals surface area (Å²) in [6.07, 6.45) is 2.95. The van der Waals surface area contributed by atoms with Gasteiger partial charge in [0.2, 0.25) is 0 Å². The fraction of sp³-hybridized carbons (Fsp3) is 0.333. The molecular formula is C27H31N5O8S. The summed E-state index contributed by atoms with van der Waals surface area (Å²) in [4.78, 5) is 24.1. The van der Waals surface area contributed by atoms with Crippen LogP contribution in [0.15, 0.2) is 52.1 Å². The van der Waals surface area contributed by atoms with Gasteiger partial charge < -0.3 is 28.8 Å². The predicted octanol–water partition coefficient (Wildman–Crippen LogP) is 4.04. The number of carbonyl (C=O) groups is 2. The van der Waals surface area contributed by atoms with Crippen molar-refractivity contribution in [2.24, 2.45) is 0 Å². The number of esters is 1. The number of nitrogens with one attached hydrogen (secondary N) is 2. The third-order valence-electron chi connectivity index (χ3n) is 5.66. The predicted molar refractivity (Wildman–Crippen MR) is 149 cm³/mol. The van der Waals surface area contributed by atoms with Crippen molar-refractivity contribution in [3.05, 3.63) is 59.4 Å². The molecule has 0 bridgehead atoms. The molecule has 1 atom stereocenters. The lowest BCUT2D eigenvalue weighted by atomic mass is 10.1. The van der Waals surface area contributed by atoms with Crippen LogP contribution in [0.3, 0.4) is 0 Å². The van der Waals surface area contributed by atoms with E-state index in [9.17, 15) is 13.8 Å². The van der Waals surface area contributed by atoms with Crippen molar-refractivity contribution in [3.8, 4) is 11.5 Å². The van der Waals surface area contributed by atoms with Gasteiger partial charge in [-0.1, -0.05) is 5.16 Å². The molecule has 14 heteroatoms. The smallest absolute Gasteiger partial charge is 0.407 e. The molecule has 0 aliphatic carbocycles. The van der Waals surface area contributed by atoms with Gasteiger partial charge in [-0.05, 0) is 56.7 Å². The maximum atomic E-state index is 13.3. The minimum absolute atomic E-state index is 0.182. The zero-order valence-corrected chi connectivity index (χ0v) is 24.3. The third-order valence-corrected chi connectivity index (χ3v) is 6.76. The lowest BCUT2D eigenvalue weighted by Crippen LogP contribution is -2.32. The molecule has 4 aromatic rings. The van der Waals surface area contributed by atoms with E-state index in [1.807, 2.05) is 0 Å². The molecule has 0 spiro atoms. The molecule has 0 saturated heterocycles. The Kier molecular flexibility index (Phi) is 8.81. The highest BCUT2D eigenvalue weighted by atomic mass is 32.2. The number of hydrogen-bond donors (Lipinski definition) is 2. The average molecular weight is 586 g/mol. The second-order valence-electron chi connectivity index (χ2n) is 9.83. The SMILES string of the molecule is COC(=O)c1ccc(OC)c(S(=O)Nc2noc3cc(Cn4cc(CNC(=O)OC(C)(C)C)cn4)cc(OC)c23)c1. The van der Waals surface area contributed by atoms with Crippen molar-refractivity contribution in [2.75, 3.05) is 26.1 Å². The standard InChI is InChI=1S/C27H31N5O8S/c1-27(2,3)39-26(34)28-12-17-13-29-32(15-17)14-16-9-20(37-5)23-21(10-16)40-30-24(23)31-41(35)22-11-18(25(33)38-6)7-8-19(22)36-4/h7-11,13,15H,12,14H2,1-6H3,(H,28,34)(H,30,31). The molecule has 0 fully saturated rings. The quantitative estimate of drug-likeness (QED) is 0.261. The van der Waals surface area contributed by atoms with Crippen molar-refractivity contribution in [1.82, 2.24) is 20.3 Å². The lowest BCUT2D eigenvalue weighted by molar-refractivity contribution is 0.0522. The summed E-state index contributed by atoms with van der Waals surface area (Å²) in [7, 11) is 2.32. The monoisotopic (exact) mass is 585 g/mol. The normalized spacial score (nSPS) is 12.0. The molecule has 4 rings (SSSR count). The fourth-order valence-electron chi connectivity index (χ4n) is 3.88. The Balaban J connectivity index is 1.51. The summed E-state index contributed by atoms with van der Waals surface area (Å²) < 4.78 is 44.3. The van der Waals surface area contributed by atoms with E-state index in [0.717, 1.165) is 11.1 Å². The van der Waals surface area contributed by atoms with E-state index in [-0.39, 0.29) is 22.8 Å². The van der Waals surface area contributed by atoms with Gasteiger partial charge in [0.25, 0.3) is 0 Å². The Morgan fingerprint density at radius 3 is 2.49 bits per heavy atom. The van der Waals surface area contributed by atoms with Gasteiger partial charge in [0.15, 0.2) is 22.4 Å². The van der Waals surface area contributed by atoms with Crippen LogP contribution in [0, 0.1) is 0 Å². The van der Waals surface area contributed by atoms with Crippen LogP contribution in [0.25, 0.3) is 11.0 Å². The second kappa shape index (κ2) is 12.3. The molecule has 2 heterocycles. The molecule has 2 aromatic heterocycles. The number of alkyl carbamates (subject to hydrolysis) is 1. The Labute approximate surface area is 238 Å². The first-order valence-corrected chi connectivity index (χ1v) is 13.6. The molecule has 0 saturated carbocycles. The number of nitrogens with zero attached hydrogens (tertiary/aromatic N) is 3. The molecule has 1 unspecified atom stereocenters. The summed E-state index contributed by atoms with van der Waals surface area (Å²) in [5.41, 5.74) is 1.63. The molecule has 1 amide bonds. The fourth-order valence-corrected chi connectivity index (χ4v) is 4.87. The van der Waals surface area contributed by atoms with E-state index in [1.165, 1.54) is 39.5 Å². The molecule has 2 N–H and O–H groups in total. The first-order valence-electron chi connectivity index (χ1n) is 12.4. The van der Waals surface area contributed by atoms with Crippen molar-refractivity contribution >= 4 is 39.8 Å². The molecule has 2 aromatic carbocycles. The van der Waals surface area contributed by atoms with Crippen molar-refractivity contribution in [3.63, 3.8) is 0 Å².